The van der Waals surface area contributed by atoms with Crippen LogP contribution in [0.2, 0.25) is 0 Å². The van der Waals surface area contributed by atoms with Crippen molar-refractivity contribution in [2.24, 2.45) is 0 Å². The molecule has 0 spiro atoms. The number of hydrogen-bond acceptors (Lipinski definition) is 3. The van der Waals surface area contributed by atoms with Crippen LogP contribution in [0.5, 0.6) is 0 Å². The molecule has 13 rings (SSSR count). The van der Waals surface area contributed by atoms with E-state index in [1.54, 1.807) is 0 Å². The normalized spacial score (nSPS) is 14.4. The van der Waals surface area contributed by atoms with Gasteiger partial charge in [-0.1, -0.05) is 195 Å². The molecule has 2 aliphatic heterocycles. The maximum Gasteiger partial charge on any atom is 0.333 e. The highest BCUT2D eigenvalue weighted by molar-refractivity contribution is 6.94. The van der Waals surface area contributed by atoms with Crippen molar-refractivity contribution in [1.29, 1.82) is 0 Å². The van der Waals surface area contributed by atoms with Gasteiger partial charge >= 0.3 is 6.85 Å². The van der Waals surface area contributed by atoms with Crippen molar-refractivity contribution in [3.63, 3.8) is 0 Å². The van der Waals surface area contributed by atoms with Crippen LogP contribution < -0.4 is 20.6 Å². The third kappa shape index (κ3) is 6.14. The molecule has 1 aromatic heterocycles. The molecule has 0 amide bonds. The smallest absolute Gasteiger partial charge is 0.333 e. The minimum atomic E-state index is -0.309. The van der Waals surface area contributed by atoms with Gasteiger partial charge in [0.2, 0.25) is 0 Å². The standard InChI is InChI=1S/C65H55BN2O/c1-63(2,3)43-28-31-45(32-29-43)68-55-35-27-42(40-19-11-9-12-20-40)37-51(55)58-60-56(39-50-47-24-16-18-26-57(47)69-62(50)58)67(54-36-30-44(64(4,5)6)38-49(54)41-21-13-10-14-22-41)61-53(66(60)68)34-33-48-46-23-15-17-25-52(46)65(7,8)59(48)61/h9-39H,1-8H3. The second-order valence-electron chi connectivity index (χ2n) is 22.1. The summed E-state index contributed by atoms with van der Waals surface area (Å²) in [6.07, 6.45) is 0. The Hall–Kier alpha value is -7.56. The van der Waals surface area contributed by atoms with E-state index in [9.17, 15) is 0 Å². The summed E-state index contributed by atoms with van der Waals surface area (Å²) in [5.74, 6) is 0. The van der Waals surface area contributed by atoms with Gasteiger partial charge in [-0.2, -0.15) is 0 Å². The van der Waals surface area contributed by atoms with Crippen molar-refractivity contribution >= 4 is 68.1 Å². The van der Waals surface area contributed by atoms with Crippen LogP contribution in [0, 0.1) is 0 Å². The zero-order chi connectivity index (χ0) is 47.1. The fourth-order valence-corrected chi connectivity index (χ4v) is 12.1. The van der Waals surface area contributed by atoms with Crippen LogP contribution in [0.3, 0.4) is 0 Å². The van der Waals surface area contributed by atoms with Crippen molar-refractivity contribution in [3.8, 4) is 44.5 Å². The largest absolute Gasteiger partial charge is 0.455 e. The van der Waals surface area contributed by atoms with E-state index in [1.165, 1.54) is 77.9 Å². The molecule has 9 aromatic carbocycles. The number of fused-ring (bicyclic) bond motifs is 12. The van der Waals surface area contributed by atoms with Crippen molar-refractivity contribution < 1.29 is 4.42 Å². The molecule has 0 unspecified atom stereocenters. The first-order valence-electron chi connectivity index (χ1n) is 24.6. The van der Waals surface area contributed by atoms with Crippen LogP contribution in [0.25, 0.3) is 66.4 Å². The maximum atomic E-state index is 7.21. The average molecular weight is 891 g/mol. The van der Waals surface area contributed by atoms with Gasteiger partial charge in [0, 0.05) is 55.6 Å². The molecule has 0 atom stereocenters. The summed E-state index contributed by atoms with van der Waals surface area (Å²) in [4.78, 5) is 5.33. The molecular formula is C65H55BN2O. The van der Waals surface area contributed by atoms with Gasteiger partial charge in [-0.05, 0) is 120 Å². The van der Waals surface area contributed by atoms with Crippen molar-refractivity contribution in [1.82, 2.24) is 0 Å². The molecule has 69 heavy (non-hydrogen) atoms. The Kier molecular flexibility index (Phi) is 8.88. The zero-order valence-corrected chi connectivity index (χ0v) is 40.8. The maximum absolute atomic E-state index is 7.21. The quantitative estimate of drug-likeness (QED) is 0.164. The van der Waals surface area contributed by atoms with E-state index < -0.39 is 0 Å². The number of hydrogen-bond donors (Lipinski definition) is 0. The number of furan rings is 1. The number of para-hydroxylation sites is 1. The van der Waals surface area contributed by atoms with Crippen molar-refractivity contribution in [3.05, 3.63) is 210 Å². The van der Waals surface area contributed by atoms with Gasteiger partial charge in [-0.15, -0.1) is 0 Å². The first kappa shape index (κ1) is 41.6. The van der Waals surface area contributed by atoms with Gasteiger partial charge in [0.15, 0.2) is 0 Å². The molecule has 334 valence electrons. The number of benzene rings is 9. The molecule has 0 saturated carbocycles. The highest BCUT2D eigenvalue weighted by atomic mass is 16.3. The molecule has 10 aromatic rings. The average Bonchev–Trinajstić information content (AvgIpc) is 3.85. The fourth-order valence-electron chi connectivity index (χ4n) is 12.1. The summed E-state index contributed by atoms with van der Waals surface area (Å²) in [6.45, 7) is 18.5. The molecule has 0 radical (unpaired) electrons. The molecule has 3 heterocycles. The van der Waals surface area contributed by atoms with Gasteiger partial charge < -0.3 is 14.1 Å². The van der Waals surface area contributed by atoms with E-state index in [0.29, 0.717) is 0 Å². The second kappa shape index (κ2) is 14.7. The van der Waals surface area contributed by atoms with E-state index in [-0.39, 0.29) is 23.1 Å². The Bertz CT molecular complexity index is 3720. The topological polar surface area (TPSA) is 19.6 Å². The number of nitrogens with zero attached hydrogens (tertiary/aromatic N) is 2. The van der Waals surface area contributed by atoms with E-state index in [1.807, 2.05) is 0 Å². The predicted octanol–water partition coefficient (Wildman–Crippen LogP) is 16.5. The monoisotopic (exact) mass is 890 g/mol. The Morgan fingerprint density at radius 2 is 1.13 bits per heavy atom. The third-order valence-electron chi connectivity index (χ3n) is 15.5. The summed E-state index contributed by atoms with van der Waals surface area (Å²) < 4.78 is 7.21. The lowest BCUT2D eigenvalue weighted by Crippen LogP contribution is -2.62. The Morgan fingerprint density at radius 3 is 1.87 bits per heavy atom. The molecule has 3 nitrogen and oxygen atoms in total. The zero-order valence-electron chi connectivity index (χ0n) is 40.8. The highest BCUT2D eigenvalue weighted by Crippen LogP contribution is 2.58. The molecule has 0 fully saturated rings. The summed E-state index contributed by atoms with van der Waals surface area (Å²) >= 11 is 0. The van der Waals surface area contributed by atoms with E-state index in [4.69, 9.17) is 4.42 Å². The predicted molar refractivity (Wildman–Crippen MR) is 293 cm³/mol. The minimum absolute atomic E-state index is 0.00761. The van der Waals surface area contributed by atoms with Crippen LogP contribution >= 0.6 is 0 Å². The third-order valence-corrected chi connectivity index (χ3v) is 15.5. The Morgan fingerprint density at radius 1 is 0.478 bits per heavy atom. The van der Waals surface area contributed by atoms with Crippen LogP contribution in [-0.2, 0) is 16.2 Å². The summed E-state index contributed by atoms with van der Waals surface area (Å²) in [5, 5.41) is 2.24. The lowest BCUT2D eigenvalue weighted by atomic mass is 9.42. The molecule has 4 heteroatoms. The molecule has 1 aliphatic carbocycles. The number of rotatable bonds is 4. The lowest BCUT2D eigenvalue weighted by molar-refractivity contribution is 0.590. The highest BCUT2D eigenvalue weighted by Gasteiger charge is 2.50. The van der Waals surface area contributed by atoms with Crippen LogP contribution in [-0.4, -0.2) is 6.85 Å². The SMILES string of the molecule is CC(C)(C)c1ccc(N2B3c4ccc5c(c4N(c4ccc(C(C)(C)C)cc4-c4ccccc4)c4cc6c(oc7ccccc76)c(c43)-c3cc(-c4ccccc4)ccc32)C(C)(C)c2ccccc2-5)cc1. The molecular weight excluding hydrogens is 836 g/mol. The van der Waals surface area contributed by atoms with Gasteiger partial charge in [-0.3, -0.25) is 0 Å². The molecule has 3 aliphatic rings. The first-order valence-corrected chi connectivity index (χ1v) is 24.6. The lowest BCUT2D eigenvalue weighted by Gasteiger charge is -2.47. The van der Waals surface area contributed by atoms with Crippen LogP contribution in [0.15, 0.2) is 192 Å². The van der Waals surface area contributed by atoms with Crippen molar-refractivity contribution in [2.45, 2.75) is 71.6 Å². The van der Waals surface area contributed by atoms with E-state index in [0.717, 1.165) is 50.1 Å². The molecule has 0 bridgehead atoms. The second-order valence-corrected chi connectivity index (χ2v) is 22.1. The van der Waals surface area contributed by atoms with Gasteiger partial charge in [-0.25, -0.2) is 0 Å². The summed E-state index contributed by atoms with van der Waals surface area (Å²) in [5.41, 5.74) is 24.9. The van der Waals surface area contributed by atoms with Crippen LogP contribution in [0.1, 0.15) is 77.6 Å². The summed E-state index contributed by atoms with van der Waals surface area (Å²) in [7, 11) is 0. The van der Waals surface area contributed by atoms with Gasteiger partial charge in [0.05, 0.1) is 5.69 Å². The van der Waals surface area contributed by atoms with Crippen molar-refractivity contribution in [2.75, 3.05) is 9.71 Å². The van der Waals surface area contributed by atoms with E-state index >= 15 is 0 Å². The Labute approximate surface area is 406 Å². The fraction of sp³-hybridized carbons (Fsp3) is 0.169. The number of anilines is 5. The van der Waals surface area contributed by atoms with Crippen LogP contribution in [0.4, 0.5) is 28.4 Å². The minimum Gasteiger partial charge on any atom is -0.455 e. The Balaban J connectivity index is 1.22. The first-order chi connectivity index (χ1) is 33.3. The molecule has 0 N–H and O–H groups in total. The summed E-state index contributed by atoms with van der Waals surface area (Å²) in [6, 6.07) is 70.7. The van der Waals surface area contributed by atoms with Gasteiger partial charge in [0.25, 0.3) is 0 Å². The van der Waals surface area contributed by atoms with Gasteiger partial charge in [0.1, 0.15) is 11.2 Å². The molecule has 0 saturated heterocycles. The van der Waals surface area contributed by atoms with E-state index in [2.05, 4.69) is 253 Å².